The molecule has 1 saturated heterocycles. The van der Waals surface area contributed by atoms with E-state index < -0.39 is 0 Å². The van der Waals surface area contributed by atoms with E-state index >= 15 is 0 Å². The Balaban J connectivity index is 1.83. The fourth-order valence-corrected chi connectivity index (χ4v) is 3.99. The molecule has 106 valence electrons. The summed E-state index contributed by atoms with van der Waals surface area (Å²) in [7, 11) is 2.34. The zero-order chi connectivity index (χ0) is 13.0. The quantitative estimate of drug-likeness (QED) is 0.808. The number of hydrogen-bond acceptors (Lipinski definition) is 2. The second kappa shape index (κ2) is 6.38. The van der Waals surface area contributed by atoms with Crippen LogP contribution in [0, 0.1) is 17.3 Å². The van der Waals surface area contributed by atoms with Crippen molar-refractivity contribution in [1.82, 2.24) is 10.2 Å². The van der Waals surface area contributed by atoms with Gasteiger partial charge in [-0.2, -0.15) is 0 Å². The molecule has 0 radical (unpaired) electrons. The van der Waals surface area contributed by atoms with E-state index in [0.717, 1.165) is 11.8 Å². The second-order valence-electron chi connectivity index (χ2n) is 7.14. The number of nitrogens with zero attached hydrogens (tertiary/aromatic N) is 1. The van der Waals surface area contributed by atoms with Crippen LogP contribution in [0.5, 0.6) is 0 Å². The van der Waals surface area contributed by atoms with Crippen LogP contribution in [0.25, 0.3) is 0 Å². The molecular weight excluding hydrogens is 220 g/mol. The molecule has 1 heterocycles. The predicted octanol–water partition coefficient (Wildman–Crippen LogP) is 3.13. The number of nitrogens with one attached hydrogen (secondary N) is 1. The molecule has 0 spiro atoms. The SMILES string of the molecule is CC(C)C1(CN(C)CC2CCCCC2)CCNC1. The molecule has 0 aromatic rings. The third kappa shape index (κ3) is 3.48. The standard InChI is InChI=1S/C16H32N2/c1-14(2)16(9-10-17-12-16)13-18(3)11-15-7-5-4-6-8-15/h14-15,17H,4-13H2,1-3H3. The molecule has 1 unspecified atom stereocenters. The van der Waals surface area contributed by atoms with Crippen molar-refractivity contribution < 1.29 is 0 Å². The van der Waals surface area contributed by atoms with Gasteiger partial charge in [0.15, 0.2) is 0 Å². The molecule has 2 rings (SSSR count). The minimum absolute atomic E-state index is 0.531. The summed E-state index contributed by atoms with van der Waals surface area (Å²) in [6, 6.07) is 0. The molecule has 1 aliphatic heterocycles. The van der Waals surface area contributed by atoms with Crippen LogP contribution in [0.3, 0.4) is 0 Å². The van der Waals surface area contributed by atoms with Crippen LogP contribution in [0.1, 0.15) is 52.4 Å². The predicted molar refractivity (Wildman–Crippen MR) is 78.8 cm³/mol. The first-order chi connectivity index (χ1) is 8.62. The van der Waals surface area contributed by atoms with Gasteiger partial charge in [-0.25, -0.2) is 0 Å². The van der Waals surface area contributed by atoms with Crippen LogP contribution >= 0.6 is 0 Å². The topological polar surface area (TPSA) is 15.3 Å². The first kappa shape index (κ1) is 14.3. The van der Waals surface area contributed by atoms with Gasteiger partial charge in [0.2, 0.25) is 0 Å². The molecule has 2 fully saturated rings. The molecule has 0 bridgehead atoms. The molecule has 2 heteroatoms. The molecule has 1 aliphatic carbocycles. The van der Waals surface area contributed by atoms with Gasteiger partial charge in [-0.1, -0.05) is 33.1 Å². The molecule has 1 N–H and O–H groups in total. The average Bonchev–Trinajstić information content (AvgIpc) is 2.80. The third-order valence-electron chi connectivity index (χ3n) is 5.38. The lowest BCUT2D eigenvalue weighted by molar-refractivity contribution is 0.117. The summed E-state index contributed by atoms with van der Waals surface area (Å²) in [5.41, 5.74) is 0.531. The van der Waals surface area contributed by atoms with E-state index in [1.54, 1.807) is 0 Å². The van der Waals surface area contributed by atoms with Gasteiger partial charge in [0.25, 0.3) is 0 Å². The second-order valence-corrected chi connectivity index (χ2v) is 7.14. The van der Waals surface area contributed by atoms with Crippen molar-refractivity contribution in [3.8, 4) is 0 Å². The maximum absolute atomic E-state index is 3.58. The molecular formula is C16H32N2. The molecule has 2 aliphatic rings. The van der Waals surface area contributed by atoms with E-state index in [1.807, 2.05) is 0 Å². The summed E-state index contributed by atoms with van der Waals surface area (Å²) in [5, 5.41) is 3.58. The van der Waals surface area contributed by atoms with Gasteiger partial charge in [0.05, 0.1) is 0 Å². The van der Waals surface area contributed by atoms with Crippen molar-refractivity contribution in [1.29, 1.82) is 0 Å². The zero-order valence-electron chi connectivity index (χ0n) is 12.7. The van der Waals surface area contributed by atoms with Crippen LogP contribution < -0.4 is 5.32 Å². The van der Waals surface area contributed by atoms with Gasteiger partial charge in [-0.05, 0) is 50.1 Å². The van der Waals surface area contributed by atoms with Gasteiger partial charge < -0.3 is 10.2 Å². The molecule has 1 saturated carbocycles. The molecule has 2 nitrogen and oxygen atoms in total. The Labute approximate surface area is 114 Å². The lowest BCUT2D eigenvalue weighted by Crippen LogP contribution is -2.42. The van der Waals surface area contributed by atoms with Crippen LogP contribution in [-0.4, -0.2) is 38.1 Å². The van der Waals surface area contributed by atoms with E-state index in [9.17, 15) is 0 Å². The lowest BCUT2D eigenvalue weighted by Gasteiger charge is -2.38. The fraction of sp³-hybridized carbons (Fsp3) is 1.00. The first-order valence-electron chi connectivity index (χ1n) is 8.02. The van der Waals surface area contributed by atoms with Crippen molar-refractivity contribution in [2.24, 2.45) is 17.3 Å². The van der Waals surface area contributed by atoms with Gasteiger partial charge in [-0.15, -0.1) is 0 Å². The molecule has 0 aromatic heterocycles. The van der Waals surface area contributed by atoms with Gasteiger partial charge >= 0.3 is 0 Å². The Morgan fingerprint density at radius 3 is 2.50 bits per heavy atom. The van der Waals surface area contributed by atoms with E-state index in [2.05, 4.69) is 31.1 Å². The minimum Gasteiger partial charge on any atom is -0.316 e. The van der Waals surface area contributed by atoms with Crippen molar-refractivity contribution in [3.63, 3.8) is 0 Å². The Morgan fingerprint density at radius 2 is 1.94 bits per heavy atom. The van der Waals surface area contributed by atoms with E-state index in [4.69, 9.17) is 0 Å². The highest BCUT2D eigenvalue weighted by Gasteiger charge is 2.37. The number of rotatable bonds is 5. The van der Waals surface area contributed by atoms with Gasteiger partial charge in [-0.3, -0.25) is 0 Å². The lowest BCUT2D eigenvalue weighted by atomic mass is 9.76. The zero-order valence-corrected chi connectivity index (χ0v) is 12.7. The van der Waals surface area contributed by atoms with Crippen LogP contribution in [-0.2, 0) is 0 Å². The van der Waals surface area contributed by atoms with Crippen molar-refractivity contribution in [3.05, 3.63) is 0 Å². The summed E-state index contributed by atoms with van der Waals surface area (Å²) < 4.78 is 0. The number of hydrogen-bond donors (Lipinski definition) is 1. The van der Waals surface area contributed by atoms with Crippen LogP contribution in [0.2, 0.25) is 0 Å². The van der Waals surface area contributed by atoms with Crippen LogP contribution in [0.4, 0.5) is 0 Å². The van der Waals surface area contributed by atoms with E-state index in [0.29, 0.717) is 5.41 Å². The average molecular weight is 252 g/mol. The third-order valence-corrected chi connectivity index (χ3v) is 5.38. The van der Waals surface area contributed by atoms with Crippen LogP contribution in [0.15, 0.2) is 0 Å². The Hall–Kier alpha value is -0.0800. The fourth-order valence-electron chi connectivity index (χ4n) is 3.99. The first-order valence-corrected chi connectivity index (χ1v) is 8.02. The highest BCUT2D eigenvalue weighted by molar-refractivity contribution is 4.92. The Kier molecular flexibility index (Phi) is 5.08. The summed E-state index contributed by atoms with van der Waals surface area (Å²) in [5.74, 6) is 1.77. The van der Waals surface area contributed by atoms with Gasteiger partial charge in [0, 0.05) is 19.6 Å². The summed E-state index contributed by atoms with van der Waals surface area (Å²) >= 11 is 0. The summed E-state index contributed by atoms with van der Waals surface area (Å²) in [6.45, 7) is 9.86. The smallest absolute Gasteiger partial charge is 0.00501 e. The van der Waals surface area contributed by atoms with Crippen molar-refractivity contribution in [2.45, 2.75) is 52.4 Å². The molecule has 0 amide bonds. The molecule has 1 atom stereocenters. The highest BCUT2D eigenvalue weighted by Crippen LogP contribution is 2.35. The Morgan fingerprint density at radius 1 is 1.22 bits per heavy atom. The highest BCUT2D eigenvalue weighted by atomic mass is 15.1. The monoisotopic (exact) mass is 252 g/mol. The molecule has 18 heavy (non-hydrogen) atoms. The summed E-state index contributed by atoms with van der Waals surface area (Å²) in [4.78, 5) is 2.63. The summed E-state index contributed by atoms with van der Waals surface area (Å²) in [6.07, 6.45) is 8.71. The van der Waals surface area contributed by atoms with Gasteiger partial charge in [0.1, 0.15) is 0 Å². The minimum atomic E-state index is 0.531. The maximum atomic E-state index is 3.58. The van der Waals surface area contributed by atoms with Crippen molar-refractivity contribution in [2.75, 3.05) is 33.2 Å². The van der Waals surface area contributed by atoms with E-state index in [-0.39, 0.29) is 0 Å². The largest absolute Gasteiger partial charge is 0.316 e. The Bertz CT molecular complexity index is 237. The maximum Gasteiger partial charge on any atom is 0.00501 e. The molecule has 0 aromatic carbocycles. The van der Waals surface area contributed by atoms with E-state index in [1.165, 1.54) is 64.7 Å². The normalized spacial score (nSPS) is 30.5. The van der Waals surface area contributed by atoms with Crippen molar-refractivity contribution >= 4 is 0 Å².